The van der Waals surface area contributed by atoms with Gasteiger partial charge in [-0.3, -0.25) is 4.79 Å². The normalized spacial score (nSPS) is 20.4. The number of nitrogens with zero attached hydrogens (tertiary/aromatic N) is 1. The average Bonchev–Trinajstić information content (AvgIpc) is 2.84. The molecule has 88 valence electrons. The molecule has 1 aromatic rings. The monoisotopic (exact) mass is 259 g/mol. The van der Waals surface area contributed by atoms with E-state index in [1.807, 2.05) is 12.1 Å². The maximum absolute atomic E-state index is 11.8. The van der Waals surface area contributed by atoms with Crippen LogP contribution in [0.25, 0.3) is 0 Å². The van der Waals surface area contributed by atoms with Gasteiger partial charge in [-0.1, -0.05) is 11.6 Å². The minimum atomic E-state index is -0.333. The summed E-state index contributed by atoms with van der Waals surface area (Å²) < 4.78 is 0.763. The molecular weight excluding hydrogens is 246 g/mol. The summed E-state index contributed by atoms with van der Waals surface area (Å²) in [5.74, 6) is 0.126. The van der Waals surface area contributed by atoms with Gasteiger partial charge in [-0.2, -0.15) is 0 Å². The number of halogens is 1. The molecule has 1 atom stereocenters. The molecule has 0 bridgehead atoms. The largest absolute Gasteiger partial charge is 0.391 e. The van der Waals surface area contributed by atoms with Crippen LogP contribution < -0.4 is 0 Å². The van der Waals surface area contributed by atoms with Gasteiger partial charge < -0.3 is 10.0 Å². The Morgan fingerprint density at radius 3 is 3.00 bits per heavy atom. The molecule has 1 aliphatic heterocycles. The number of aryl methyl sites for hydroxylation is 1. The summed E-state index contributed by atoms with van der Waals surface area (Å²) in [6, 6.07) is 3.81. The zero-order valence-corrected chi connectivity index (χ0v) is 10.4. The van der Waals surface area contributed by atoms with E-state index in [9.17, 15) is 9.90 Å². The number of aliphatic hydroxyl groups is 1. The van der Waals surface area contributed by atoms with Crippen molar-refractivity contribution >= 4 is 28.8 Å². The summed E-state index contributed by atoms with van der Waals surface area (Å²) in [6.45, 7) is 1.18. The Balaban J connectivity index is 1.80. The number of rotatable bonds is 3. The van der Waals surface area contributed by atoms with E-state index in [0.29, 0.717) is 25.9 Å². The molecule has 1 fully saturated rings. The van der Waals surface area contributed by atoms with Gasteiger partial charge in [0.1, 0.15) is 0 Å². The zero-order valence-electron chi connectivity index (χ0n) is 8.86. The quantitative estimate of drug-likeness (QED) is 0.901. The molecule has 1 amide bonds. The first-order chi connectivity index (χ1) is 7.65. The van der Waals surface area contributed by atoms with E-state index >= 15 is 0 Å². The fourth-order valence-electron chi connectivity index (χ4n) is 1.84. The molecule has 5 heteroatoms. The number of aliphatic hydroxyl groups excluding tert-OH is 1. The summed E-state index contributed by atoms with van der Waals surface area (Å²) >= 11 is 7.33. The van der Waals surface area contributed by atoms with Crippen LogP contribution in [0.2, 0.25) is 4.34 Å². The lowest BCUT2D eigenvalue weighted by Gasteiger charge is -2.14. The fraction of sp³-hybridized carbons (Fsp3) is 0.545. The molecule has 0 saturated carbocycles. The molecule has 0 radical (unpaired) electrons. The van der Waals surface area contributed by atoms with Crippen LogP contribution in [0, 0.1) is 0 Å². The van der Waals surface area contributed by atoms with E-state index < -0.39 is 0 Å². The summed E-state index contributed by atoms with van der Waals surface area (Å²) in [4.78, 5) is 14.6. The van der Waals surface area contributed by atoms with Crippen molar-refractivity contribution in [1.82, 2.24) is 4.90 Å². The molecule has 3 nitrogen and oxygen atoms in total. The Morgan fingerprint density at radius 2 is 2.44 bits per heavy atom. The van der Waals surface area contributed by atoms with Crippen molar-refractivity contribution in [2.24, 2.45) is 0 Å². The number of carbonyl (C=O) groups excluding carboxylic acids is 1. The van der Waals surface area contributed by atoms with E-state index in [1.54, 1.807) is 4.90 Å². The maximum atomic E-state index is 11.8. The fourth-order valence-corrected chi connectivity index (χ4v) is 2.93. The minimum Gasteiger partial charge on any atom is -0.391 e. The lowest BCUT2D eigenvalue weighted by Crippen LogP contribution is -2.29. The topological polar surface area (TPSA) is 40.5 Å². The van der Waals surface area contributed by atoms with Gasteiger partial charge in [-0.25, -0.2) is 0 Å². The highest BCUT2D eigenvalue weighted by Crippen LogP contribution is 2.23. The molecule has 0 spiro atoms. The predicted octanol–water partition coefficient (Wildman–Crippen LogP) is 1.93. The highest BCUT2D eigenvalue weighted by molar-refractivity contribution is 7.16. The lowest BCUT2D eigenvalue weighted by molar-refractivity contribution is -0.130. The number of β-amino-alcohol motifs (C(OH)–C–C–N with tert-alkyl or cyclic N) is 1. The molecule has 1 saturated heterocycles. The summed E-state index contributed by atoms with van der Waals surface area (Å²) in [7, 11) is 0. The second-order valence-electron chi connectivity index (χ2n) is 3.99. The van der Waals surface area contributed by atoms with Gasteiger partial charge in [-0.15, -0.1) is 11.3 Å². The average molecular weight is 260 g/mol. The molecular formula is C11H14ClNO2S. The Labute approximate surface area is 104 Å². The van der Waals surface area contributed by atoms with Crippen LogP contribution >= 0.6 is 22.9 Å². The SMILES string of the molecule is O=C(CCc1ccc(Cl)s1)N1CC[C@@H](O)C1. The summed E-state index contributed by atoms with van der Waals surface area (Å²) in [6.07, 6.45) is 1.61. The van der Waals surface area contributed by atoms with Crippen molar-refractivity contribution in [3.8, 4) is 0 Å². The van der Waals surface area contributed by atoms with Gasteiger partial charge >= 0.3 is 0 Å². The third kappa shape index (κ3) is 2.97. The molecule has 16 heavy (non-hydrogen) atoms. The van der Waals surface area contributed by atoms with Crippen LogP contribution in [0.15, 0.2) is 12.1 Å². The first-order valence-electron chi connectivity index (χ1n) is 5.35. The number of hydrogen-bond donors (Lipinski definition) is 1. The van der Waals surface area contributed by atoms with Crippen LogP contribution in [0.5, 0.6) is 0 Å². The zero-order chi connectivity index (χ0) is 11.5. The molecule has 0 aliphatic carbocycles. The van der Waals surface area contributed by atoms with Gasteiger partial charge in [0.05, 0.1) is 10.4 Å². The molecule has 1 N–H and O–H groups in total. The van der Waals surface area contributed by atoms with E-state index in [0.717, 1.165) is 15.6 Å². The van der Waals surface area contributed by atoms with Crippen LogP contribution in [-0.4, -0.2) is 35.1 Å². The van der Waals surface area contributed by atoms with Crippen LogP contribution in [0.3, 0.4) is 0 Å². The second-order valence-corrected chi connectivity index (χ2v) is 5.79. The number of hydrogen-bond acceptors (Lipinski definition) is 3. The maximum Gasteiger partial charge on any atom is 0.223 e. The minimum absolute atomic E-state index is 0.126. The standard InChI is InChI=1S/C11H14ClNO2S/c12-10-3-1-9(16-10)2-4-11(15)13-6-5-8(14)7-13/h1,3,8,14H,2,4-7H2/t8-/m1/s1. The first kappa shape index (κ1) is 11.9. The number of likely N-dealkylation sites (tertiary alicyclic amines) is 1. The summed E-state index contributed by atoms with van der Waals surface area (Å²) in [5.41, 5.74) is 0. The van der Waals surface area contributed by atoms with Crippen molar-refractivity contribution in [3.05, 3.63) is 21.3 Å². The van der Waals surface area contributed by atoms with E-state index in [4.69, 9.17) is 11.6 Å². The number of carbonyl (C=O) groups is 1. The van der Waals surface area contributed by atoms with E-state index in [1.165, 1.54) is 11.3 Å². The molecule has 1 aliphatic rings. The van der Waals surface area contributed by atoms with Crippen LogP contribution in [0.4, 0.5) is 0 Å². The highest BCUT2D eigenvalue weighted by Gasteiger charge is 2.23. The van der Waals surface area contributed by atoms with Gasteiger partial charge in [0.15, 0.2) is 0 Å². The molecule has 2 rings (SSSR count). The van der Waals surface area contributed by atoms with Crippen molar-refractivity contribution in [2.45, 2.75) is 25.4 Å². The van der Waals surface area contributed by atoms with Gasteiger partial charge in [-0.05, 0) is 25.0 Å². The third-order valence-electron chi connectivity index (χ3n) is 2.73. The Hall–Kier alpha value is -0.580. The predicted molar refractivity (Wildman–Crippen MR) is 64.9 cm³/mol. The molecule has 1 aromatic heterocycles. The van der Waals surface area contributed by atoms with Crippen molar-refractivity contribution in [3.63, 3.8) is 0 Å². The first-order valence-corrected chi connectivity index (χ1v) is 6.54. The Kier molecular flexibility index (Phi) is 3.84. The van der Waals surface area contributed by atoms with E-state index in [-0.39, 0.29) is 12.0 Å². The lowest BCUT2D eigenvalue weighted by atomic mass is 10.2. The number of thiophene rings is 1. The van der Waals surface area contributed by atoms with Gasteiger partial charge in [0.2, 0.25) is 5.91 Å². The van der Waals surface area contributed by atoms with Crippen LogP contribution in [0.1, 0.15) is 17.7 Å². The molecule has 2 heterocycles. The molecule has 0 unspecified atom stereocenters. The smallest absolute Gasteiger partial charge is 0.223 e. The van der Waals surface area contributed by atoms with Crippen molar-refractivity contribution in [2.75, 3.05) is 13.1 Å². The second kappa shape index (κ2) is 5.17. The van der Waals surface area contributed by atoms with Crippen molar-refractivity contribution < 1.29 is 9.90 Å². The van der Waals surface area contributed by atoms with Crippen LogP contribution in [-0.2, 0) is 11.2 Å². The van der Waals surface area contributed by atoms with Gasteiger partial charge in [0.25, 0.3) is 0 Å². The third-order valence-corrected chi connectivity index (χ3v) is 4.02. The Bertz CT molecular complexity index is 380. The Morgan fingerprint density at radius 1 is 1.62 bits per heavy atom. The van der Waals surface area contributed by atoms with Crippen molar-refractivity contribution in [1.29, 1.82) is 0 Å². The van der Waals surface area contributed by atoms with Gasteiger partial charge in [0, 0.05) is 24.4 Å². The number of amides is 1. The molecule has 0 aromatic carbocycles. The summed E-state index contributed by atoms with van der Waals surface area (Å²) in [5, 5.41) is 9.33. The highest BCUT2D eigenvalue weighted by atomic mass is 35.5. The van der Waals surface area contributed by atoms with E-state index in [2.05, 4.69) is 0 Å².